The van der Waals surface area contributed by atoms with Crippen LogP contribution in [0.4, 0.5) is 13.2 Å². The molecule has 0 saturated carbocycles. The summed E-state index contributed by atoms with van der Waals surface area (Å²) in [6.07, 6.45) is 1.90. The number of hydrogen-bond donors (Lipinski definition) is 0. The van der Waals surface area contributed by atoms with Gasteiger partial charge in [-0.25, -0.2) is 4.98 Å². The zero-order valence-corrected chi connectivity index (χ0v) is 20.2. The molecule has 0 bridgehead atoms. The first-order valence-corrected chi connectivity index (χ1v) is 11.9. The molecular formula is C24H21F3N2O6S. The van der Waals surface area contributed by atoms with E-state index < -0.39 is 21.4 Å². The molecule has 2 aromatic carbocycles. The minimum Gasteiger partial charge on any atom is -0.493 e. The molecule has 0 aliphatic carbocycles. The molecule has 0 fully saturated rings. The van der Waals surface area contributed by atoms with Crippen molar-refractivity contribution in [1.29, 1.82) is 0 Å². The molecule has 0 amide bonds. The lowest BCUT2D eigenvalue weighted by Gasteiger charge is -2.15. The molecule has 0 aliphatic heterocycles. The summed E-state index contributed by atoms with van der Waals surface area (Å²) >= 11 is 0. The Bertz CT molecular complexity index is 1540. The Morgan fingerprint density at radius 2 is 1.61 bits per heavy atom. The maximum absolute atomic E-state index is 12.9. The molecule has 0 N–H and O–H groups in total. The molecule has 0 radical (unpaired) electrons. The van der Waals surface area contributed by atoms with E-state index in [2.05, 4.69) is 14.2 Å². The van der Waals surface area contributed by atoms with Crippen LogP contribution in [0.15, 0.2) is 48.7 Å². The number of ether oxygens (including phenoxy) is 3. The van der Waals surface area contributed by atoms with Gasteiger partial charge in [-0.2, -0.15) is 21.6 Å². The van der Waals surface area contributed by atoms with Gasteiger partial charge in [0.15, 0.2) is 17.2 Å². The van der Waals surface area contributed by atoms with E-state index in [1.807, 2.05) is 0 Å². The molecule has 36 heavy (non-hydrogen) atoms. The maximum Gasteiger partial charge on any atom is 0.534 e. The van der Waals surface area contributed by atoms with Crippen molar-refractivity contribution in [2.24, 2.45) is 0 Å². The molecule has 2 aromatic heterocycles. The molecule has 0 unspecified atom stereocenters. The fourth-order valence-corrected chi connectivity index (χ4v) is 4.22. The van der Waals surface area contributed by atoms with Gasteiger partial charge in [0.05, 0.1) is 26.5 Å². The lowest BCUT2D eigenvalue weighted by Crippen LogP contribution is -2.28. The second kappa shape index (κ2) is 9.78. The highest BCUT2D eigenvalue weighted by molar-refractivity contribution is 7.88. The van der Waals surface area contributed by atoms with Crippen LogP contribution in [0, 0.1) is 0 Å². The fourth-order valence-electron chi connectivity index (χ4n) is 3.76. The number of fused-ring (bicyclic) bond motifs is 2. The molecule has 4 aromatic rings. The SMILES string of the molecule is COCc1ncc(Cc2ccc3cccc(OS(=O)(=O)C(F)(F)F)c3n2)c2cc(OC)c(OC)cc12. The Balaban J connectivity index is 1.81. The van der Waals surface area contributed by atoms with Gasteiger partial charge in [0.25, 0.3) is 0 Å². The van der Waals surface area contributed by atoms with Crippen LogP contribution in [0.5, 0.6) is 17.2 Å². The van der Waals surface area contributed by atoms with E-state index in [9.17, 15) is 21.6 Å². The molecule has 12 heteroatoms. The minimum atomic E-state index is -5.85. The highest BCUT2D eigenvalue weighted by Crippen LogP contribution is 2.36. The van der Waals surface area contributed by atoms with E-state index in [4.69, 9.17) is 14.2 Å². The van der Waals surface area contributed by atoms with Crippen LogP contribution in [-0.2, 0) is 27.9 Å². The summed E-state index contributed by atoms with van der Waals surface area (Å²) in [6, 6.07) is 11.0. The number of aromatic nitrogens is 2. The first-order valence-electron chi connectivity index (χ1n) is 10.5. The van der Waals surface area contributed by atoms with Crippen molar-refractivity contribution in [1.82, 2.24) is 9.97 Å². The van der Waals surface area contributed by atoms with E-state index in [1.54, 1.807) is 43.6 Å². The number of benzene rings is 2. The third-order valence-corrected chi connectivity index (χ3v) is 6.40. The maximum atomic E-state index is 12.9. The van der Waals surface area contributed by atoms with Crippen LogP contribution in [0.25, 0.3) is 21.7 Å². The van der Waals surface area contributed by atoms with Crippen LogP contribution < -0.4 is 13.7 Å². The van der Waals surface area contributed by atoms with Gasteiger partial charge in [0, 0.05) is 36.2 Å². The number of methoxy groups -OCH3 is 3. The van der Waals surface area contributed by atoms with E-state index in [1.165, 1.54) is 20.3 Å². The van der Waals surface area contributed by atoms with Crippen LogP contribution in [0.2, 0.25) is 0 Å². The van der Waals surface area contributed by atoms with Gasteiger partial charge in [0.1, 0.15) is 5.52 Å². The zero-order chi connectivity index (χ0) is 26.1. The first-order chi connectivity index (χ1) is 17.1. The number of halogens is 3. The number of pyridine rings is 2. The molecule has 190 valence electrons. The summed E-state index contributed by atoms with van der Waals surface area (Å²) in [4.78, 5) is 8.91. The van der Waals surface area contributed by atoms with Crippen molar-refractivity contribution in [3.63, 3.8) is 0 Å². The van der Waals surface area contributed by atoms with Gasteiger partial charge in [-0.1, -0.05) is 18.2 Å². The zero-order valence-electron chi connectivity index (χ0n) is 19.4. The number of hydrogen-bond acceptors (Lipinski definition) is 8. The standard InChI is InChI=1S/C24H21F3N2O6S/c1-32-13-19-18-11-22(34-3)21(33-2)10-17(18)15(12-28-19)9-16-8-7-14-5-4-6-20(23(14)29-16)35-36(30,31)24(25,26)27/h4-8,10-12H,9,13H2,1-3H3. The van der Waals surface area contributed by atoms with Crippen molar-refractivity contribution in [2.75, 3.05) is 21.3 Å². The van der Waals surface area contributed by atoms with E-state index in [0.29, 0.717) is 28.3 Å². The third kappa shape index (κ3) is 4.86. The Labute approximate surface area is 204 Å². The molecular weight excluding hydrogens is 501 g/mol. The summed E-state index contributed by atoms with van der Waals surface area (Å²) in [5.41, 5.74) is -3.70. The Morgan fingerprint density at radius 1 is 0.917 bits per heavy atom. The normalized spacial score (nSPS) is 12.2. The van der Waals surface area contributed by atoms with Crippen molar-refractivity contribution in [2.45, 2.75) is 18.5 Å². The van der Waals surface area contributed by atoms with Crippen LogP contribution in [-0.4, -0.2) is 45.2 Å². The molecule has 2 heterocycles. The molecule has 0 aliphatic rings. The van der Waals surface area contributed by atoms with Gasteiger partial charge >= 0.3 is 15.6 Å². The molecule has 8 nitrogen and oxygen atoms in total. The largest absolute Gasteiger partial charge is 0.534 e. The van der Waals surface area contributed by atoms with Crippen molar-refractivity contribution < 1.29 is 40.0 Å². The molecule has 0 saturated heterocycles. The highest BCUT2D eigenvalue weighted by atomic mass is 32.2. The van der Waals surface area contributed by atoms with Gasteiger partial charge in [-0.15, -0.1) is 0 Å². The number of alkyl halides is 3. The van der Waals surface area contributed by atoms with Crippen LogP contribution in [0.1, 0.15) is 17.0 Å². The number of rotatable bonds is 8. The Morgan fingerprint density at radius 3 is 2.25 bits per heavy atom. The summed E-state index contributed by atoms with van der Waals surface area (Å²) in [7, 11) is -1.26. The van der Waals surface area contributed by atoms with Gasteiger partial charge in [-0.3, -0.25) is 4.98 Å². The quantitative estimate of drug-likeness (QED) is 0.241. The van der Waals surface area contributed by atoms with E-state index >= 15 is 0 Å². The first kappa shape index (κ1) is 25.5. The monoisotopic (exact) mass is 522 g/mol. The lowest BCUT2D eigenvalue weighted by molar-refractivity contribution is -0.0499. The summed E-state index contributed by atoms with van der Waals surface area (Å²) in [5, 5.41) is 1.98. The third-order valence-electron chi connectivity index (χ3n) is 5.43. The second-order valence-corrected chi connectivity index (χ2v) is 9.24. The van der Waals surface area contributed by atoms with E-state index in [0.717, 1.165) is 22.4 Å². The fraction of sp³-hybridized carbons (Fsp3) is 0.250. The summed E-state index contributed by atoms with van der Waals surface area (Å²) in [5.74, 6) is 0.495. The molecule has 4 rings (SSSR count). The second-order valence-electron chi connectivity index (χ2n) is 7.71. The highest BCUT2D eigenvalue weighted by Gasteiger charge is 2.48. The minimum absolute atomic E-state index is 0.0182. The molecule has 0 atom stereocenters. The smallest absolute Gasteiger partial charge is 0.493 e. The number of para-hydroxylation sites is 1. The predicted molar refractivity (Wildman–Crippen MR) is 126 cm³/mol. The van der Waals surface area contributed by atoms with Crippen molar-refractivity contribution >= 4 is 31.8 Å². The van der Waals surface area contributed by atoms with Crippen LogP contribution >= 0.6 is 0 Å². The van der Waals surface area contributed by atoms with Crippen molar-refractivity contribution in [3.05, 3.63) is 65.6 Å². The van der Waals surface area contributed by atoms with Gasteiger partial charge in [-0.05, 0) is 35.2 Å². The summed E-state index contributed by atoms with van der Waals surface area (Å²) in [6.45, 7) is 0.259. The lowest BCUT2D eigenvalue weighted by atomic mass is 10.00. The van der Waals surface area contributed by atoms with E-state index in [-0.39, 0.29) is 18.5 Å². The topological polar surface area (TPSA) is 96.8 Å². The average Bonchev–Trinajstić information content (AvgIpc) is 2.84. The van der Waals surface area contributed by atoms with Gasteiger partial charge in [0.2, 0.25) is 0 Å². The Kier molecular flexibility index (Phi) is 6.92. The number of nitrogens with zero attached hydrogens (tertiary/aromatic N) is 2. The van der Waals surface area contributed by atoms with Crippen molar-refractivity contribution in [3.8, 4) is 17.2 Å². The van der Waals surface area contributed by atoms with Gasteiger partial charge < -0.3 is 18.4 Å². The molecule has 0 spiro atoms. The van der Waals surface area contributed by atoms with Crippen LogP contribution in [0.3, 0.4) is 0 Å². The Hall–Kier alpha value is -3.64. The summed E-state index contributed by atoms with van der Waals surface area (Å²) < 4.78 is 82.2. The predicted octanol–water partition coefficient (Wildman–Crippen LogP) is 4.77. The average molecular weight is 523 g/mol.